The van der Waals surface area contributed by atoms with Gasteiger partial charge in [0.2, 0.25) is 0 Å². The van der Waals surface area contributed by atoms with E-state index in [1.165, 1.54) is 30.4 Å². The van der Waals surface area contributed by atoms with Crippen LogP contribution in [0.3, 0.4) is 0 Å². The zero-order valence-corrected chi connectivity index (χ0v) is 14.4. The first-order chi connectivity index (χ1) is 11.5. The maximum absolute atomic E-state index is 13.2. The number of ketones is 1. The van der Waals surface area contributed by atoms with Gasteiger partial charge in [-0.05, 0) is 44.2 Å². The van der Waals surface area contributed by atoms with Crippen molar-refractivity contribution < 1.29 is 14.0 Å². The highest BCUT2D eigenvalue weighted by atomic mass is 32.1. The Labute approximate surface area is 144 Å². The van der Waals surface area contributed by atoms with Crippen molar-refractivity contribution in [3.63, 3.8) is 0 Å². The molecule has 1 aromatic carbocycles. The second-order valence-electron chi connectivity index (χ2n) is 6.10. The third-order valence-electron chi connectivity index (χ3n) is 4.41. The summed E-state index contributed by atoms with van der Waals surface area (Å²) in [5.41, 5.74) is 1.54. The molecule has 126 valence electrons. The van der Waals surface area contributed by atoms with E-state index in [1.807, 2.05) is 7.05 Å². The molecule has 0 unspecified atom stereocenters. The maximum atomic E-state index is 13.2. The zero-order valence-electron chi connectivity index (χ0n) is 13.6. The normalized spacial score (nSPS) is 21.0. The number of hydrogen-bond acceptors (Lipinski definition) is 4. The second-order valence-corrected chi connectivity index (χ2v) is 7.01. The van der Waals surface area contributed by atoms with Crippen molar-refractivity contribution in [3.8, 4) is 0 Å². The van der Waals surface area contributed by atoms with Crippen LogP contribution in [-0.4, -0.2) is 36.2 Å². The number of amides is 1. The number of rotatable bonds is 4. The fraction of sp³-hybridized carbons (Fsp3) is 0.333. The molecule has 1 aliphatic heterocycles. The molecule has 1 N–H and O–H groups in total. The van der Waals surface area contributed by atoms with Gasteiger partial charge < -0.3 is 5.32 Å². The molecule has 0 aliphatic carbocycles. The average Bonchev–Trinajstić information content (AvgIpc) is 3.16. The largest absolute Gasteiger partial charge is 0.347 e. The Morgan fingerprint density at radius 1 is 1.29 bits per heavy atom. The van der Waals surface area contributed by atoms with Crippen LogP contribution < -0.4 is 5.32 Å². The molecule has 0 bridgehead atoms. The number of halogens is 1. The standard InChI is InChI=1S/C18H19FN2O2S/c1-11(22)13-9-16(24-10-13)18(23)20-15-7-8-21(2)17(15)12-3-5-14(19)6-4-12/h3-6,9-10,15,17H,7-8H2,1-2H3,(H,20,23)/t15-,17+/m1/s1. The van der Waals surface area contributed by atoms with Gasteiger partial charge in [-0.15, -0.1) is 11.3 Å². The van der Waals surface area contributed by atoms with Crippen molar-refractivity contribution in [1.82, 2.24) is 10.2 Å². The molecule has 1 aliphatic rings. The number of likely N-dealkylation sites (N-methyl/N-ethyl adjacent to an activating group) is 1. The quantitative estimate of drug-likeness (QED) is 0.865. The predicted octanol–water partition coefficient (Wildman–Crippen LogP) is 3.27. The van der Waals surface area contributed by atoms with Gasteiger partial charge in [-0.3, -0.25) is 14.5 Å². The summed E-state index contributed by atoms with van der Waals surface area (Å²) >= 11 is 1.27. The first-order valence-corrected chi connectivity index (χ1v) is 8.69. The number of carbonyl (C=O) groups excluding carboxylic acids is 2. The second kappa shape index (κ2) is 6.83. The Morgan fingerprint density at radius 3 is 2.62 bits per heavy atom. The Morgan fingerprint density at radius 2 is 2.00 bits per heavy atom. The molecule has 1 fully saturated rings. The van der Waals surface area contributed by atoms with Crippen LogP contribution >= 0.6 is 11.3 Å². The Balaban J connectivity index is 1.76. The number of nitrogens with one attached hydrogen (secondary N) is 1. The summed E-state index contributed by atoms with van der Waals surface area (Å²) in [5, 5.41) is 4.77. The molecule has 0 saturated carbocycles. The van der Waals surface area contributed by atoms with Crippen LogP contribution in [0.1, 0.15) is 45.0 Å². The fourth-order valence-corrected chi connectivity index (χ4v) is 3.97. The maximum Gasteiger partial charge on any atom is 0.261 e. The molecule has 1 amide bonds. The van der Waals surface area contributed by atoms with Crippen molar-refractivity contribution in [2.45, 2.75) is 25.4 Å². The summed E-state index contributed by atoms with van der Waals surface area (Å²) in [6, 6.07) is 8.02. The Kier molecular flexibility index (Phi) is 4.78. The molecule has 2 heterocycles. The summed E-state index contributed by atoms with van der Waals surface area (Å²) in [6.45, 7) is 2.34. The van der Waals surface area contributed by atoms with Gasteiger partial charge in [-0.25, -0.2) is 4.39 Å². The van der Waals surface area contributed by atoms with Gasteiger partial charge >= 0.3 is 0 Å². The van der Waals surface area contributed by atoms with Crippen molar-refractivity contribution >= 4 is 23.0 Å². The first-order valence-electron chi connectivity index (χ1n) is 7.82. The van der Waals surface area contributed by atoms with E-state index in [0.29, 0.717) is 10.4 Å². The molecule has 1 aromatic heterocycles. The minimum atomic E-state index is -0.268. The van der Waals surface area contributed by atoms with Crippen molar-refractivity contribution in [1.29, 1.82) is 0 Å². The molecular weight excluding hydrogens is 327 g/mol. The highest BCUT2D eigenvalue weighted by Crippen LogP contribution is 2.31. The smallest absolute Gasteiger partial charge is 0.261 e. The predicted molar refractivity (Wildman–Crippen MR) is 92.0 cm³/mol. The van der Waals surface area contributed by atoms with Gasteiger partial charge in [0.1, 0.15) is 5.82 Å². The summed E-state index contributed by atoms with van der Waals surface area (Å²) in [7, 11) is 2.00. The summed E-state index contributed by atoms with van der Waals surface area (Å²) < 4.78 is 13.2. The molecule has 4 nitrogen and oxygen atoms in total. The van der Waals surface area contributed by atoms with E-state index in [9.17, 15) is 14.0 Å². The molecule has 2 atom stereocenters. The lowest BCUT2D eigenvalue weighted by molar-refractivity contribution is 0.0931. The Bertz CT molecular complexity index is 757. The van der Waals surface area contributed by atoms with Crippen LogP contribution in [0.4, 0.5) is 4.39 Å². The minimum absolute atomic E-state index is 0.0155. The topological polar surface area (TPSA) is 49.4 Å². The lowest BCUT2D eigenvalue weighted by Gasteiger charge is -2.26. The average molecular weight is 346 g/mol. The van der Waals surface area contributed by atoms with E-state index in [0.717, 1.165) is 18.5 Å². The first kappa shape index (κ1) is 16.8. The van der Waals surface area contributed by atoms with Crippen LogP contribution in [0.15, 0.2) is 35.7 Å². The van der Waals surface area contributed by atoms with E-state index in [4.69, 9.17) is 0 Å². The van der Waals surface area contributed by atoms with E-state index in [1.54, 1.807) is 23.6 Å². The molecule has 6 heteroatoms. The number of Topliss-reactive ketones (excluding diaryl/α,β-unsaturated/α-hetero) is 1. The molecular formula is C18H19FN2O2S. The number of likely N-dealkylation sites (tertiary alicyclic amines) is 1. The van der Waals surface area contributed by atoms with Gasteiger partial charge in [-0.2, -0.15) is 0 Å². The number of hydrogen-bond donors (Lipinski definition) is 1. The molecule has 1 saturated heterocycles. The van der Waals surface area contributed by atoms with E-state index < -0.39 is 0 Å². The monoisotopic (exact) mass is 346 g/mol. The molecule has 0 spiro atoms. The molecule has 0 radical (unpaired) electrons. The van der Waals surface area contributed by atoms with Crippen molar-refractivity contribution in [3.05, 3.63) is 57.5 Å². The van der Waals surface area contributed by atoms with Crippen LogP contribution in [0.25, 0.3) is 0 Å². The minimum Gasteiger partial charge on any atom is -0.347 e. The van der Waals surface area contributed by atoms with Crippen molar-refractivity contribution in [2.24, 2.45) is 0 Å². The third-order valence-corrected chi connectivity index (χ3v) is 5.34. The lowest BCUT2D eigenvalue weighted by Crippen LogP contribution is -2.38. The number of thiophene rings is 1. The highest BCUT2D eigenvalue weighted by Gasteiger charge is 2.34. The summed E-state index contributed by atoms with van der Waals surface area (Å²) in [4.78, 5) is 26.5. The third kappa shape index (κ3) is 3.39. The zero-order chi connectivity index (χ0) is 17.3. The van der Waals surface area contributed by atoms with Gasteiger partial charge in [-0.1, -0.05) is 12.1 Å². The number of nitrogens with zero attached hydrogens (tertiary/aromatic N) is 1. The van der Waals surface area contributed by atoms with Gasteiger partial charge in [0.25, 0.3) is 5.91 Å². The summed E-state index contributed by atoms with van der Waals surface area (Å²) in [5.74, 6) is -0.481. The van der Waals surface area contributed by atoms with Crippen LogP contribution in [0, 0.1) is 5.82 Å². The number of benzene rings is 1. The van der Waals surface area contributed by atoms with Gasteiger partial charge in [0.15, 0.2) is 5.78 Å². The van der Waals surface area contributed by atoms with Crippen LogP contribution in [0.5, 0.6) is 0 Å². The van der Waals surface area contributed by atoms with Crippen molar-refractivity contribution in [2.75, 3.05) is 13.6 Å². The van der Waals surface area contributed by atoms with E-state index in [2.05, 4.69) is 10.2 Å². The Hall–Kier alpha value is -2.05. The van der Waals surface area contributed by atoms with Gasteiger partial charge in [0, 0.05) is 17.5 Å². The molecule has 24 heavy (non-hydrogen) atoms. The molecule has 2 aromatic rings. The van der Waals surface area contributed by atoms with Crippen LogP contribution in [0.2, 0.25) is 0 Å². The SMILES string of the molecule is CC(=O)c1csc(C(=O)N[C@@H]2CCN(C)[C@H]2c2ccc(F)cc2)c1. The lowest BCUT2D eigenvalue weighted by atomic mass is 10.00. The number of carbonyl (C=O) groups is 2. The fourth-order valence-electron chi connectivity index (χ4n) is 3.12. The highest BCUT2D eigenvalue weighted by molar-refractivity contribution is 7.12. The van der Waals surface area contributed by atoms with Gasteiger partial charge in [0.05, 0.1) is 17.0 Å². The summed E-state index contributed by atoms with van der Waals surface area (Å²) in [6.07, 6.45) is 0.829. The van der Waals surface area contributed by atoms with E-state index in [-0.39, 0.29) is 29.6 Å². The molecule has 3 rings (SSSR count). The van der Waals surface area contributed by atoms with E-state index >= 15 is 0 Å². The van der Waals surface area contributed by atoms with Crippen LogP contribution in [-0.2, 0) is 0 Å².